The number of hydrogen-bond acceptors (Lipinski definition) is 5. The van der Waals surface area contributed by atoms with Crippen LogP contribution >= 0.6 is 0 Å². The number of nitrogens with one attached hydrogen (secondary N) is 1. The number of aromatic nitrogens is 2. The summed E-state index contributed by atoms with van der Waals surface area (Å²) in [6.07, 6.45) is 1.52. The fourth-order valence-corrected chi connectivity index (χ4v) is 3.57. The van der Waals surface area contributed by atoms with Crippen molar-refractivity contribution in [3.05, 3.63) is 65.6 Å². The van der Waals surface area contributed by atoms with E-state index in [4.69, 9.17) is 4.52 Å². The molecule has 1 amide bonds. The molecule has 1 saturated heterocycles. The van der Waals surface area contributed by atoms with Gasteiger partial charge in [0, 0.05) is 18.2 Å². The summed E-state index contributed by atoms with van der Waals surface area (Å²) in [6, 6.07) is 11.0. The number of carbonyl (C=O) groups is 1. The van der Waals surface area contributed by atoms with Gasteiger partial charge in [-0.05, 0) is 38.4 Å². The summed E-state index contributed by atoms with van der Waals surface area (Å²) in [7, 11) is 0. The van der Waals surface area contributed by atoms with Crippen LogP contribution in [0.15, 0.2) is 47.0 Å². The van der Waals surface area contributed by atoms with Gasteiger partial charge in [-0.25, -0.2) is 8.78 Å². The first-order valence-electron chi connectivity index (χ1n) is 9.86. The average Bonchev–Trinajstić information content (AvgIpc) is 3.19. The lowest BCUT2D eigenvalue weighted by Crippen LogP contribution is -2.40. The summed E-state index contributed by atoms with van der Waals surface area (Å²) >= 11 is 0. The van der Waals surface area contributed by atoms with E-state index in [1.807, 2.05) is 31.2 Å². The van der Waals surface area contributed by atoms with Crippen LogP contribution in [0.3, 0.4) is 0 Å². The molecule has 1 atom stereocenters. The zero-order chi connectivity index (χ0) is 21.1. The SMILES string of the molecule is Cc1ccc(-c2noc(CN3CCCC(C(=O)Nc4ccc(F)cc4F)C3)n2)cc1. The van der Waals surface area contributed by atoms with Gasteiger partial charge in [-0.2, -0.15) is 4.98 Å². The van der Waals surface area contributed by atoms with E-state index in [1.165, 1.54) is 6.07 Å². The van der Waals surface area contributed by atoms with Crippen molar-refractivity contribution < 1.29 is 18.1 Å². The topological polar surface area (TPSA) is 71.3 Å². The highest BCUT2D eigenvalue weighted by atomic mass is 19.1. The Balaban J connectivity index is 1.37. The van der Waals surface area contributed by atoms with E-state index in [0.717, 1.165) is 36.2 Å². The van der Waals surface area contributed by atoms with Crippen molar-refractivity contribution in [3.63, 3.8) is 0 Å². The number of hydrogen-bond donors (Lipinski definition) is 1. The summed E-state index contributed by atoms with van der Waals surface area (Å²) in [5, 5.41) is 6.61. The molecule has 1 aliphatic heterocycles. The first-order chi connectivity index (χ1) is 14.5. The second-order valence-corrected chi connectivity index (χ2v) is 7.57. The van der Waals surface area contributed by atoms with Crippen LogP contribution in [0.4, 0.5) is 14.5 Å². The molecule has 2 heterocycles. The molecular formula is C22H22F2N4O2. The third-order valence-electron chi connectivity index (χ3n) is 5.20. The zero-order valence-electron chi connectivity index (χ0n) is 16.6. The molecule has 8 heteroatoms. The predicted molar refractivity (Wildman–Crippen MR) is 107 cm³/mol. The van der Waals surface area contributed by atoms with Crippen LogP contribution in [0.2, 0.25) is 0 Å². The Bertz CT molecular complexity index is 1040. The van der Waals surface area contributed by atoms with Gasteiger partial charge in [0.05, 0.1) is 18.2 Å². The quantitative estimate of drug-likeness (QED) is 0.681. The van der Waals surface area contributed by atoms with Crippen molar-refractivity contribution in [1.29, 1.82) is 0 Å². The fraction of sp³-hybridized carbons (Fsp3) is 0.318. The lowest BCUT2D eigenvalue weighted by molar-refractivity contribution is -0.121. The van der Waals surface area contributed by atoms with Gasteiger partial charge < -0.3 is 9.84 Å². The summed E-state index contributed by atoms with van der Waals surface area (Å²) in [5.74, 6) is -1.04. The van der Waals surface area contributed by atoms with Gasteiger partial charge in [-0.1, -0.05) is 35.0 Å². The first kappa shape index (κ1) is 20.2. The van der Waals surface area contributed by atoms with Crippen LogP contribution in [-0.4, -0.2) is 34.0 Å². The number of likely N-dealkylation sites (tertiary alicyclic amines) is 1. The number of aryl methyl sites for hydroxylation is 1. The van der Waals surface area contributed by atoms with E-state index < -0.39 is 11.6 Å². The number of amides is 1. The molecule has 1 aliphatic rings. The Morgan fingerprint density at radius 1 is 1.23 bits per heavy atom. The highest BCUT2D eigenvalue weighted by Gasteiger charge is 2.27. The lowest BCUT2D eigenvalue weighted by atomic mass is 9.97. The monoisotopic (exact) mass is 412 g/mol. The second kappa shape index (κ2) is 8.71. The molecule has 1 aromatic heterocycles. The van der Waals surface area contributed by atoms with Crippen molar-refractivity contribution in [2.45, 2.75) is 26.3 Å². The van der Waals surface area contributed by atoms with Crippen LogP contribution < -0.4 is 5.32 Å². The molecule has 0 saturated carbocycles. The maximum atomic E-state index is 13.8. The number of nitrogens with zero attached hydrogens (tertiary/aromatic N) is 3. The molecule has 1 N–H and O–H groups in total. The van der Waals surface area contributed by atoms with Crippen molar-refractivity contribution in [3.8, 4) is 11.4 Å². The second-order valence-electron chi connectivity index (χ2n) is 7.57. The fourth-order valence-electron chi connectivity index (χ4n) is 3.57. The van der Waals surface area contributed by atoms with Crippen LogP contribution in [0.1, 0.15) is 24.3 Å². The Morgan fingerprint density at radius 3 is 2.80 bits per heavy atom. The number of carbonyl (C=O) groups excluding carboxylic acids is 1. The third-order valence-corrected chi connectivity index (χ3v) is 5.20. The van der Waals surface area contributed by atoms with Crippen LogP contribution in [0.25, 0.3) is 11.4 Å². The van der Waals surface area contributed by atoms with E-state index >= 15 is 0 Å². The van der Waals surface area contributed by atoms with Crippen molar-refractivity contribution in [2.24, 2.45) is 5.92 Å². The number of anilines is 1. The molecule has 1 fully saturated rings. The molecular weight excluding hydrogens is 390 g/mol. The van der Waals surface area contributed by atoms with Crippen LogP contribution in [0.5, 0.6) is 0 Å². The molecule has 6 nitrogen and oxygen atoms in total. The molecule has 156 valence electrons. The number of rotatable bonds is 5. The Kier molecular flexibility index (Phi) is 5.85. The molecule has 0 bridgehead atoms. The largest absolute Gasteiger partial charge is 0.338 e. The van der Waals surface area contributed by atoms with E-state index in [0.29, 0.717) is 31.2 Å². The van der Waals surface area contributed by atoms with Gasteiger partial charge in [0.15, 0.2) is 0 Å². The van der Waals surface area contributed by atoms with Gasteiger partial charge in [0.1, 0.15) is 11.6 Å². The number of piperidine rings is 1. The predicted octanol–water partition coefficient (Wildman–Crippen LogP) is 4.17. The Labute approximate surface area is 172 Å². The minimum Gasteiger partial charge on any atom is -0.338 e. The smallest absolute Gasteiger partial charge is 0.241 e. The molecule has 1 unspecified atom stereocenters. The summed E-state index contributed by atoms with van der Waals surface area (Å²) in [6.45, 7) is 3.75. The molecule has 0 spiro atoms. The van der Waals surface area contributed by atoms with E-state index in [1.54, 1.807) is 0 Å². The molecule has 0 aliphatic carbocycles. The minimum absolute atomic E-state index is 0.0156. The van der Waals surface area contributed by atoms with Crippen molar-refractivity contribution >= 4 is 11.6 Å². The van der Waals surface area contributed by atoms with Crippen LogP contribution in [0, 0.1) is 24.5 Å². The maximum Gasteiger partial charge on any atom is 0.241 e. The van der Waals surface area contributed by atoms with Gasteiger partial charge in [-0.3, -0.25) is 9.69 Å². The highest BCUT2D eigenvalue weighted by Crippen LogP contribution is 2.23. The third kappa shape index (κ3) is 4.71. The van der Waals surface area contributed by atoms with Crippen molar-refractivity contribution in [1.82, 2.24) is 15.0 Å². The first-order valence-corrected chi connectivity index (χ1v) is 9.86. The number of halogens is 2. The summed E-state index contributed by atoms with van der Waals surface area (Å²) in [5.41, 5.74) is 2.02. The molecule has 2 aromatic carbocycles. The maximum absolute atomic E-state index is 13.8. The standard InChI is InChI=1S/C22H22F2N4O2/c1-14-4-6-15(7-5-14)21-26-20(30-27-21)13-28-10-2-3-16(12-28)22(29)25-19-9-8-17(23)11-18(19)24/h4-9,11,16H,2-3,10,12-13H2,1H3,(H,25,29). The van der Waals surface area contributed by atoms with Crippen LogP contribution in [-0.2, 0) is 11.3 Å². The molecule has 4 rings (SSSR count). The number of benzene rings is 2. The van der Waals surface area contributed by atoms with Gasteiger partial charge in [0.2, 0.25) is 17.6 Å². The summed E-state index contributed by atoms with van der Waals surface area (Å²) < 4.78 is 32.2. The van der Waals surface area contributed by atoms with Gasteiger partial charge >= 0.3 is 0 Å². The molecule has 3 aromatic rings. The molecule has 0 radical (unpaired) electrons. The van der Waals surface area contributed by atoms with Gasteiger partial charge in [0.25, 0.3) is 0 Å². The lowest BCUT2D eigenvalue weighted by Gasteiger charge is -2.30. The minimum atomic E-state index is -0.787. The van der Waals surface area contributed by atoms with Crippen molar-refractivity contribution in [2.75, 3.05) is 18.4 Å². The Hall–Kier alpha value is -3.13. The highest BCUT2D eigenvalue weighted by molar-refractivity contribution is 5.92. The molecule has 30 heavy (non-hydrogen) atoms. The normalized spacial score (nSPS) is 17.1. The Morgan fingerprint density at radius 2 is 2.03 bits per heavy atom. The zero-order valence-corrected chi connectivity index (χ0v) is 16.6. The average molecular weight is 412 g/mol. The van der Waals surface area contributed by atoms with E-state index in [-0.39, 0.29) is 17.5 Å². The van der Waals surface area contributed by atoms with E-state index in [9.17, 15) is 13.6 Å². The van der Waals surface area contributed by atoms with E-state index in [2.05, 4.69) is 20.4 Å². The van der Waals surface area contributed by atoms with Gasteiger partial charge in [-0.15, -0.1) is 0 Å². The summed E-state index contributed by atoms with van der Waals surface area (Å²) in [4.78, 5) is 19.1.